The summed E-state index contributed by atoms with van der Waals surface area (Å²) < 4.78 is 0. The first-order valence-electron chi connectivity index (χ1n) is 7.00. The Bertz CT molecular complexity index is 633. The van der Waals surface area contributed by atoms with Crippen LogP contribution >= 0.6 is 0 Å². The van der Waals surface area contributed by atoms with Crippen molar-refractivity contribution in [3.05, 3.63) is 36.4 Å². The van der Waals surface area contributed by atoms with Crippen LogP contribution in [0.2, 0.25) is 0 Å². The van der Waals surface area contributed by atoms with E-state index in [1.54, 1.807) is 0 Å². The summed E-state index contributed by atoms with van der Waals surface area (Å²) in [5.74, 6) is -0.0380. The van der Waals surface area contributed by atoms with Gasteiger partial charge in [-0.05, 0) is 23.6 Å². The molecule has 2 N–H and O–H groups in total. The van der Waals surface area contributed by atoms with E-state index < -0.39 is 0 Å². The molecule has 1 amide bonds. The summed E-state index contributed by atoms with van der Waals surface area (Å²) in [6.45, 7) is 5.60. The Morgan fingerprint density at radius 1 is 1.20 bits per heavy atom. The van der Waals surface area contributed by atoms with Gasteiger partial charge in [-0.15, -0.1) is 0 Å². The average Bonchev–Trinajstić information content (AvgIpc) is 2.47. The maximum Gasteiger partial charge on any atom is 0.221 e. The van der Waals surface area contributed by atoms with Gasteiger partial charge in [-0.25, -0.2) is 0 Å². The molecular weight excluding hydrogens is 250 g/mol. The lowest BCUT2D eigenvalue weighted by Gasteiger charge is -2.30. The van der Waals surface area contributed by atoms with Gasteiger partial charge in [-0.2, -0.15) is 0 Å². The van der Waals surface area contributed by atoms with Gasteiger partial charge >= 0.3 is 0 Å². The minimum Gasteiger partial charge on any atom is -0.368 e. The molecule has 4 nitrogen and oxygen atoms in total. The second kappa shape index (κ2) is 5.51. The molecule has 0 aliphatic carbocycles. The van der Waals surface area contributed by atoms with E-state index in [0.29, 0.717) is 0 Å². The number of anilines is 2. The minimum atomic E-state index is -0.0380. The number of hydrogen-bond donors (Lipinski definition) is 2. The van der Waals surface area contributed by atoms with Gasteiger partial charge in [0.25, 0.3) is 0 Å². The Labute approximate surface area is 118 Å². The van der Waals surface area contributed by atoms with Gasteiger partial charge in [-0.3, -0.25) is 4.79 Å². The SMILES string of the molecule is CC(=O)Nc1ccc2cccc(N3CCNCC3)c2c1. The number of carbonyl (C=O) groups is 1. The number of piperazine rings is 1. The average molecular weight is 269 g/mol. The molecule has 0 aromatic heterocycles. The molecule has 4 heteroatoms. The van der Waals surface area contributed by atoms with E-state index in [2.05, 4.69) is 45.9 Å². The van der Waals surface area contributed by atoms with Crippen molar-refractivity contribution in [2.75, 3.05) is 36.4 Å². The summed E-state index contributed by atoms with van der Waals surface area (Å²) in [5, 5.41) is 8.63. The molecule has 1 heterocycles. The molecule has 1 saturated heterocycles. The van der Waals surface area contributed by atoms with Gasteiger partial charge in [0.1, 0.15) is 0 Å². The first-order chi connectivity index (χ1) is 9.74. The Morgan fingerprint density at radius 3 is 2.75 bits per heavy atom. The number of nitrogens with zero attached hydrogens (tertiary/aromatic N) is 1. The van der Waals surface area contributed by atoms with E-state index in [9.17, 15) is 4.79 Å². The monoisotopic (exact) mass is 269 g/mol. The van der Waals surface area contributed by atoms with Crippen molar-refractivity contribution < 1.29 is 4.79 Å². The number of benzene rings is 2. The van der Waals surface area contributed by atoms with E-state index in [0.717, 1.165) is 31.9 Å². The lowest BCUT2D eigenvalue weighted by molar-refractivity contribution is -0.114. The van der Waals surface area contributed by atoms with Crippen LogP contribution in [0.25, 0.3) is 10.8 Å². The molecule has 0 atom stereocenters. The second-order valence-electron chi connectivity index (χ2n) is 5.13. The highest BCUT2D eigenvalue weighted by molar-refractivity contribution is 5.99. The van der Waals surface area contributed by atoms with Crippen molar-refractivity contribution in [3.63, 3.8) is 0 Å². The summed E-state index contributed by atoms with van der Waals surface area (Å²) in [5.41, 5.74) is 2.10. The normalized spacial score (nSPS) is 15.3. The lowest BCUT2D eigenvalue weighted by atomic mass is 10.1. The summed E-state index contributed by atoms with van der Waals surface area (Å²) in [7, 11) is 0. The minimum absolute atomic E-state index is 0.0380. The molecule has 3 rings (SSSR count). The molecule has 2 aromatic carbocycles. The third-order valence-electron chi connectivity index (χ3n) is 3.64. The molecule has 0 saturated carbocycles. The van der Waals surface area contributed by atoms with Gasteiger partial charge < -0.3 is 15.5 Å². The molecule has 20 heavy (non-hydrogen) atoms. The Morgan fingerprint density at radius 2 is 2.00 bits per heavy atom. The number of nitrogens with one attached hydrogen (secondary N) is 2. The van der Waals surface area contributed by atoms with Crippen LogP contribution in [-0.2, 0) is 4.79 Å². The van der Waals surface area contributed by atoms with Gasteiger partial charge in [0.15, 0.2) is 0 Å². The molecule has 0 bridgehead atoms. The Hall–Kier alpha value is -2.07. The summed E-state index contributed by atoms with van der Waals surface area (Å²) in [4.78, 5) is 13.6. The summed E-state index contributed by atoms with van der Waals surface area (Å²) >= 11 is 0. The number of fused-ring (bicyclic) bond motifs is 1. The molecule has 0 unspecified atom stereocenters. The molecular formula is C16H19N3O. The van der Waals surface area contributed by atoms with Crippen molar-refractivity contribution in [1.29, 1.82) is 0 Å². The molecule has 0 spiro atoms. The largest absolute Gasteiger partial charge is 0.368 e. The van der Waals surface area contributed by atoms with Crippen molar-refractivity contribution in [2.24, 2.45) is 0 Å². The van der Waals surface area contributed by atoms with Crippen LogP contribution in [0.4, 0.5) is 11.4 Å². The topological polar surface area (TPSA) is 44.4 Å². The zero-order valence-electron chi connectivity index (χ0n) is 11.6. The highest BCUT2D eigenvalue weighted by atomic mass is 16.1. The Kier molecular flexibility index (Phi) is 3.56. The van der Waals surface area contributed by atoms with Crippen LogP contribution in [0.3, 0.4) is 0 Å². The number of hydrogen-bond acceptors (Lipinski definition) is 3. The van der Waals surface area contributed by atoms with Crippen LogP contribution in [0.1, 0.15) is 6.92 Å². The van der Waals surface area contributed by atoms with Gasteiger partial charge in [-0.1, -0.05) is 18.2 Å². The quantitative estimate of drug-likeness (QED) is 0.878. The molecule has 1 fully saturated rings. The predicted octanol–water partition coefficient (Wildman–Crippen LogP) is 2.21. The molecule has 1 aliphatic rings. The number of rotatable bonds is 2. The van der Waals surface area contributed by atoms with Crippen molar-refractivity contribution >= 4 is 28.1 Å². The summed E-state index contributed by atoms with van der Waals surface area (Å²) in [6, 6.07) is 12.4. The van der Waals surface area contributed by atoms with E-state index in [1.807, 2.05) is 6.07 Å². The third kappa shape index (κ3) is 2.60. The van der Waals surface area contributed by atoms with Crippen molar-refractivity contribution in [1.82, 2.24) is 5.32 Å². The van der Waals surface area contributed by atoms with Crippen LogP contribution in [0.5, 0.6) is 0 Å². The maximum absolute atomic E-state index is 11.2. The Balaban J connectivity index is 2.03. The fourth-order valence-electron chi connectivity index (χ4n) is 2.72. The zero-order valence-corrected chi connectivity index (χ0v) is 11.6. The standard InChI is InChI=1S/C16H19N3O/c1-12(20)18-14-6-5-13-3-2-4-16(15(13)11-14)19-9-7-17-8-10-19/h2-6,11,17H,7-10H2,1H3,(H,18,20). The van der Waals surface area contributed by atoms with Crippen LogP contribution in [-0.4, -0.2) is 32.1 Å². The fraction of sp³-hybridized carbons (Fsp3) is 0.312. The highest BCUT2D eigenvalue weighted by Crippen LogP contribution is 2.29. The van der Waals surface area contributed by atoms with Gasteiger partial charge in [0.2, 0.25) is 5.91 Å². The van der Waals surface area contributed by atoms with Crippen molar-refractivity contribution in [3.8, 4) is 0 Å². The first-order valence-corrected chi connectivity index (χ1v) is 7.00. The number of carbonyl (C=O) groups excluding carboxylic acids is 1. The van der Waals surface area contributed by atoms with Crippen LogP contribution in [0.15, 0.2) is 36.4 Å². The van der Waals surface area contributed by atoms with Crippen molar-refractivity contribution in [2.45, 2.75) is 6.92 Å². The van der Waals surface area contributed by atoms with E-state index >= 15 is 0 Å². The van der Waals surface area contributed by atoms with Crippen LogP contribution < -0.4 is 15.5 Å². The summed E-state index contributed by atoms with van der Waals surface area (Å²) in [6.07, 6.45) is 0. The smallest absolute Gasteiger partial charge is 0.221 e. The van der Waals surface area contributed by atoms with Gasteiger partial charge in [0, 0.05) is 49.9 Å². The van der Waals surface area contributed by atoms with E-state index in [-0.39, 0.29) is 5.91 Å². The van der Waals surface area contributed by atoms with E-state index in [1.165, 1.54) is 23.4 Å². The second-order valence-corrected chi connectivity index (χ2v) is 5.13. The highest BCUT2D eigenvalue weighted by Gasteiger charge is 2.13. The van der Waals surface area contributed by atoms with Gasteiger partial charge in [0.05, 0.1) is 0 Å². The van der Waals surface area contributed by atoms with E-state index in [4.69, 9.17) is 0 Å². The maximum atomic E-state index is 11.2. The molecule has 104 valence electrons. The number of amides is 1. The van der Waals surface area contributed by atoms with Crippen LogP contribution in [0, 0.1) is 0 Å². The third-order valence-corrected chi connectivity index (χ3v) is 3.64. The first kappa shape index (κ1) is 12.9. The fourth-order valence-corrected chi connectivity index (χ4v) is 2.72. The zero-order chi connectivity index (χ0) is 13.9. The molecule has 1 aliphatic heterocycles. The lowest BCUT2D eigenvalue weighted by Crippen LogP contribution is -2.43. The molecule has 2 aromatic rings. The molecule has 0 radical (unpaired) electrons. The predicted molar refractivity (Wildman–Crippen MR) is 83.3 cm³/mol.